The molecule has 1 heterocycles. The summed E-state index contributed by atoms with van der Waals surface area (Å²) in [5.74, 6) is 2.58. The van der Waals surface area contributed by atoms with Crippen LogP contribution in [0.5, 0.6) is 17.2 Å². The number of ether oxygens (including phenoxy) is 3. The summed E-state index contributed by atoms with van der Waals surface area (Å²) in [6.45, 7) is 10.5. The van der Waals surface area contributed by atoms with Crippen molar-refractivity contribution in [1.82, 2.24) is 9.80 Å². The molecule has 0 radical (unpaired) electrons. The Hall–Kier alpha value is -1.70. The lowest BCUT2D eigenvalue weighted by molar-refractivity contribution is 0.0433. The number of benzene rings is 2. The van der Waals surface area contributed by atoms with Crippen LogP contribution in [0.2, 0.25) is 0 Å². The largest absolute Gasteiger partial charge is 0.497 e. The van der Waals surface area contributed by atoms with Gasteiger partial charge in [-0.1, -0.05) is 18.2 Å². The maximum absolute atomic E-state index is 10.4. The molecule has 1 aliphatic rings. The van der Waals surface area contributed by atoms with Crippen LogP contribution < -0.4 is 14.2 Å². The Kier molecular flexibility index (Phi) is 12.8. The van der Waals surface area contributed by atoms with Crippen LogP contribution in [-0.4, -0.2) is 80.6 Å². The van der Waals surface area contributed by atoms with E-state index in [4.69, 9.17) is 14.2 Å². The Morgan fingerprint density at radius 2 is 1.41 bits per heavy atom. The number of halogens is 2. The molecule has 0 amide bonds. The van der Waals surface area contributed by atoms with Crippen molar-refractivity contribution in [1.29, 1.82) is 0 Å². The van der Waals surface area contributed by atoms with Gasteiger partial charge in [-0.2, -0.15) is 0 Å². The van der Waals surface area contributed by atoms with Gasteiger partial charge >= 0.3 is 0 Å². The molecule has 0 spiro atoms. The molecule has 6 nitrogen and oxygen atoms in total. The van der Waals surface area contributed by atoms with Crippen LogP contribution in [0.25, 0.3) is 0 Å². The number of para-hydroxylation sites is 1. The summed E-state index contributed by atoms with van der Waals surface area (Å²) < 4.78 is 16.9. The molecule has 32 heavy (non-hydrogen) atoms. The number of rotatable bonds is 10. The number of piperazine rings is 1. The highest BCUT2D eigenvalue weighted by Gasteiger charge is 2.19. The highest BCUT2D eigenvalue weighted by atomic mass is 35.5. The molecule has 2 aromatic carbocycles. The van der Waals surface area contributed by atoms with Gasteiger partial charge in [0.15, 0.2) is 0 Å². The molecule has 180 valence electrons. The highest BCUT2D eigenvalue weighted by molar-refractivity contribution is 5.85. The third-order valence-corrected chi connectivity index (χ3v) is 5.50. The van der Waals surface area contributed by atoms with E-state index in [9.17, 15) is 5.11 Å². The van der Waals surface area contributed by atoms with Crippen molar-refractivity contribution in [3.05, 3.63) is 53.6 Å². The third-order valence-electron chi connectivity index (χ3n) is 5.50. The van der Waals surface area contributed by atoms with Crippen molar-refractivity contribution in [2.75, 3.05) is 59.6 Å². The second kappa shape index (κ2) is 14.4. The molecular formula is C24H36Cl2N2O4. The van der Waals surface area contributed by atoms with Gasteiger partial charge in [-0.25, -0.2) is 0 Å². The smallest absolute Gasteiger partial charge is 0.125 e. The van der Waals surface area contributed by atoms with Gasteiger partial charge in [-0.3, -0.25) is 9.80 Å². The summed E-state index contributed by atoms with van der Waals surface area (Å²) in [6.07, 6.45) is -0.492. The first-order valence-electron chi connectivity index (χ1n) is 10.6. The van der Waals surface area contributed by atoms with Crippen molar-refractivity contribution >= 4 is 24.8 Å². The predicted octanol–water partition coefficient (Wildman–Crippen LogP) is 3.59. The molecule has 0 saturated carbocycles. The first-order chi connectivity index (χ1) is 14.5. The molecule has 1 saturated heterocycles. The summed E-state index contributed by atoms with van der Waals surface area (Å²) in [4.78, 5) is 4.71. The quantitative estimate of drug-likeness (QED) is 0.553. The van der Waals surface area contributed by atoms with Gasteiger partial charge in [-0.15, -0.1) is 24.8 Å². The topological polar surface area (TPSA) is 54.4 Å². The SMILES string of the molecule is COc1ccc(OCCN2CCN(CC(O)COc3c(C)cccc3C)CC2)cc1.Cl.Cl. The fraction of sp³-hybridized carbons (Fsp3) is 0.500. The maximum Gasteiger partial charge on any atom is 0.125 e. The standard InChI is InChI=1S/C24H34N2O4.2ClH/c1-19-5-4-6-20(2)24(19)30-18-21(27)17-26-13-11-25(12-14-26)15-16-29-23-9-7-22(28-3)8-10-23;;/h4-10,21,27H,11-18H2,1-3H3;2*1H. The Labute approximate surface area is 204 Å². The molecule has 1 aliphatic heterocycles. The second-order valence-electron chi connectivity index (χ2n) is 7.85. The number of hydrogen-bond acceptors (Lipinski definition) is 6. The number of hydrogen-bond donors (Lipinski definition) is 1. The molecule has 1 N–H and O–H groups in total. The fourth-order valence-electron chi connectivity index (χ4n) is 3.72. The highest BCUT2D eigenvalue weighted by Crippen LogP contribution is 2.22. The van der Waals surface area contributed by atoms with Crippen LogP contribution in [-0.2, 0) is 0 Å². The maximum atomic E-state index is 10.4. The van der Waals surface area contributed by atoms with Crippen molar-refractivity contribution in [3.8, 4) is 17.2 Å². The van der Waals surface area contributed by atoms with Gasteiger partial charge in [0.1, 0.15) is 36.6 Å². The molecule has 0 bridgehead atoms. The zero-order valence-corrected chi connectivity index (χ0v) is 20.8. The molecular weight excluding hydrogens is 451 g/mol. The van der Waals surface area contributed by atoms with Gasteiger partial charge in [-0.05, 0) is 49.2 Å². The molecule has 3 rings (SSSR count). The van der Waals surface area contributed by atoms with E-state index in [0.717, 1.165) is 61.1 Å². The minimum Gasteiger partial charge on any atom is -0.497 e. The normalized spacial score (nSPS) is 15.2. The van der Waals surface area contributed by atoms with Crippen molar-refractivity contribution in [2.24, 2.45) is 0 Å². The van der Waals surface area contributed by atoms with E-state index in [1.54, 1.807) is 7.11 Å². The minimum atomic E-state index is -0.492. The van der Waals surface area contributed by atoms with E-state index in [2.05, 4.69) is 9.80 Å². The first kappa shape index (κ1) is 28.3. The van der Waals surface area contributed by atoms with Crippen LogP contribution in [0.3, 0.4) is 0 Å². The number of aryl methyl sites for hydroxylation is 2. The number of aliphatic hydroxyl groups is 1. The van der Waals surface area contributed by atoms with E-state index in [1.807, 2.05) is 56.3 Å². The molecule has 8 heteroatoms. The zero-order chi connectivity index (χ0) is 21.3. The Morgan fingerprint density at radius 3 is 2.00 bits per heavy atom. The van der Waals surface area contributed by atoms with E-state index in [-0.39, 0.29) is 24.8 Å². The van der Waals surface area contributed by atoms with Crippen LogP contribution in [0.15, 0.2) is 42.5 Å². The van der Waals surface area contributed by atoms with Gasteiger partial charge in [0, 0.05) is 39.3 Å². The van der Waals surface area contributed by atoms with Crippen LogP contribution in [0.1, 0.15) is 11.1 Å². The van der Waals surface area contributed by atoms with E-state index < -0.39 is 6.10 Å². The van der Waals surface area contributed by atoms with Crippen LogP contribution in [0, 0.1) is 13.8 Å². The number of nitrogens with zero attached hydrogens (tertiary/aromatic N) is 2. The van der Waals surface area contributed by atoms with Crippen LogP contribution in [0.4, 0.5) is 0 Å². The molecule has 1 unspecified atom stereocenters. The van der Waals surface area contributed by atoms with Gasteiger partial charge < -0.3 is 19.3 Å². The predicted molar refractivity (Wildman–Crippen MR) is 133 cm³/mol. The summed E-state index contributed by atoms with van der Waals surface area (Å²) >= 11 is 0. The molecule has 2 aromatic rings. The minimum absolute atomic E-state index is 0. The fourth-order valence-corrected chi connectivity index (χ4v) is 3.72. The molecule has 0 aliphatic carbocycles. The van der Waals surface area contributed by atoms with Crippen molar-refractivity contribution in [3.63, 3.8) is 0 Å². The number of β-amino-alcohol motifs (C(OH)–C–C–N with tert-alkyl or cyclic N) is 1. The van der Waals surface area contributed by atoms with Crippen molar-refractivity contribution in [2.45, 2.75) is 20.0 Å². The third kappa shape index (κ3) is 8.68. The average molecular weight is 487 g/mol. The zero-order valence-electron chi connectivity index (χ0n) is 19.2. The van der Waals surface area contributed by atoms with Crippen molar-refractivity contribution < 1.29 is 19.3 Å². The summed E-state index contributed by atoms with van der Waals surface area (Å²) in [7, 11) is 1.66. The Bertz CT molecular complexity index is 764. The first-order valence-corrected chi connectivity index (χ1v) is 10.6. The number of methoxy groups -OCH3 is 1. The molecule has 0 aromatic heterocycles. The summed E-state index contributed by atoms with van der Waals surface area (Å²) in [5.41, 5.74) is 2.21. The van der Waals surface area contributed by atoms with E-state index in [1.165, 1.54) is 0 Å². The molecule has 1 fully saturated rings. The summed E-state index contributed by atoms with van der Waals surface area (Å²) in [6, 6.07) is 13.8. The monoisotopic (exact) mass is 486 g/mol. The van der Waals surface area contributed by atoms with E-state index >= 15 is 0 Å². The lowest BCUT2D eigenvalue weighted by Crippen LogP contribution is -2.50. The lowest BCUT2D eigenvalue weighted by atomic mass is 10.1. The average Bonchev–Trinajstić information content (AvgIpc) is 2.75. The molecule has 1 atom stereocenters. The summed E-state index contributed by atoms with van der Waals surface area (Å²) in [5, 5.41) is 10.4. The number of aliphatic hydroxyl groups excluding tert-OH is 1. The lowest BCUT2D eigenvalue weighted by Gasteiger charge is -2.35. The van der Waals surface area contributed by atoms with Gasteiger partial charge in [0.2, 0.25) is 0 Å². The Morgan fingerprint density at radius 1 is 0.844 bits per heavy atom. The second-order valence-corrected chi connectivity index (χ2v) is 7.85. The van der Waals surface area contributed by atoms with Gasteiger partial charge in [0.05, 0.1) is 7.11 Å². The van der Waals surface area contributed by atoms with Gasteiger partial charge in [0.25, 0.3) is 0 Å². The Balaban J connectivity index is 0.00000256. The van der Waals surface area contributed by atoms with E-state index in [0.29, 0.717) is 19.8 Å². The van der Waals surface area contributed by atoms with Crippen LogP contribution >= 0.6 is 24.8 Å².